The van der Waals surface area contributed by atoms with Crippen LogP contribution in [-0.4, -0.2) is 14.4 Å². The van der Waals surface area contributed by atoms with Gasteiger partial charge in [-0.25, -0.2) is 9.97 Å². The van der Waals surface area contributed by atoms with Crippen molar-refractivity contribution in [2.45, 2.75) is 0 Å². The van der Waals surface area contributed by atoms with Crippen LogP contribution in [0.1, 0.15) is 0 Å². The molecule has 0 spiro atoms. The molecule has 0 aliphatic carbocycles. The molecule has 0 aliphatic heterocycles. The first-order valence-corrected chi connectivity index (χ1v) is 7.10. The lowest BCUT2D eigenvalue weighted by Crippen LogP contribution is -1.96. The van der Waals surface area contributed by atoms with Crippen LogP contribution in [0.4, 0.5) is 17.2 Å². The molecule has 0 bridgehead atoms. The molecule has 3 aromatic heterocycles. The number of pyridine rings is 2. The smallest absolute Gasteiger partial charge is 0.160 e. The van der Waals surface area contributed by atoms with Gasteiger partial charge in [-0.05, 0) is 44.0 Å². The standard InChI is InChI=1S/C7H6BrN3.C5H6BrN3/c8-5-3-6(9)7-10-1-2-11(7)4-5;6-3-1-4(7)5(8)9-2-3/h1-4H,9H2;1-2H,7H2,(H2,8,9). The zero-order valence-electron chi connectivity index (χ0n) is 10.3. The first-order chi connectivity index (χ1) is 9.47. The summed E-state index contributed by atoms with van der Waals surface area (Å²) in [6, 6.07) is 3.55. The minimum Gasteiger partial charge on any atom is -0.396 e. The predicted molar refractivity (Wildman–Crippen MR) is 88.1 cm³/mol. The minimum absolute atomic E-state index is 0.373. The average molecular weight is 400 g/mol. The number of nitrogens with zero attached hydrogens (tertiary/aromatic N) is 3. The van der Waals surface area contributed by atoms with Gasteiger partial charge in [-0.1, -0.05) is 0 Å². The first kappa shape index (κ1) is 14.6. The number of nitrogens with two attached hydrogens (primary N) is 3. The monoisotopic (exact) mass is 398 g/mol. The number of aromatic nitrogens is 3. The molecule has 3 aromatic rings. The predicted octanol–water partition coefficient (Wildman–Crippen LogP) is 2.69. The van der Waals surface area contributed by atoms with E-state index >= 15 is 0 Å². The molecule has 104 valence electrons. The van der Waals surface area contributed by atoms with Crippen molar-refractivity contribution in [3.63, 3.8) is 0 Å². The summed E-state index contributed by atoms with van der Waals surface area (Å²) < 4.78 is 3.68. The van der Waals surface area contributed by atoms with Gasteiger partial charge in [-0.2, -0.15) is 0 Å². The molecule has 0 amide bonds. The van der Waals surface area contributed by atoms with Gasteiger partial charge in [0.25, 0.3) is 0 Å². The molecule has 0 fully saturated rings. The van der Waals surface area contributed by atoms with Crippen LogP contribution in [0.25, 0.3) is 5.65 Å². The molecule has 0 saturated heterocycles. The quantitative estimate of drug-likeness (QED) is 0.538. The van der Waals surface area contributed by atoms with Gasteiger partial charge in [-0.3, -0.25) is 0 Å². The highest BCUT2D eigenvalue weighted by Gasteiger charge is 1.98. The Kier molecular flexibility index (Phi) is 4.46. The van der Waals surface area contributed by atoms with Crippen molar-refractivity contribution >= 4 is 54.7 Å². The molecule has 0 aliphatic rings. The third-order valence-corrected chi connectivity index (χ3v) is 3.27. The molecular weight excluding hydrogens is 388 g/mol. The van der Waals surface area contributed by atoms with Gasteiger partial charge < -0.3 is 21.6 Å². The van der Waals surface area contributed by atoms with Gasteiger partial charge in [0, 0.05) is 33.7 Å². The van der Waals surface area contributed by atoms with Crippen molar-refractivity contribution in [1.29, 1.82) is 0 Å². The average Bonchev–Trinajstić information content (AvgIpc) is 2.83. The van der Waals surface area contributed by atoms with Crippen molar-refractivity contribution in [2.24, 2.45) is 0 Å². The van der Waals surface area contributed by atoms with E-state index in [2.05, 4.69) is 41.8 Å². The number of halogens is 2. The summed E-state index contributed by atoms with van der Waals surface area (Å²) in [6.45, 7) is 0. The lowest BCUT2D eigenvalue weighted by atomic mass is 10.4. The summed E-state index contributed by atoms with van der Waals surface area (Å²) in [7, 11) is 0. The van der Waals surface area contributed by atoms with Crippen molar-refractivity contribution in [2.75, 3.05) is 17.2 Å². The van der Waals surface area contributed by atoms with Crippen LogP contribution < -0.4 is 17.2 Å². The summed E-state index contributed by atoms with van der Waals surface area (Å²) in [5.74, 6) is 0.373. The Labute approximate surface area is 132 Å². The molecule has 0 aromatic carbocycles. The maximum absolute atomic E-state index is 5.69. The highest BCUT2D eigenvalue weighted by molar-refractivity contribution is 9.10. The van der Waals surface area contributed by atoms with Crippen molar-refractivity contribution < 1.29 is 0 Å². The van der Waals surface area contributed by atoms with Crippen LogP contribution in [0.2, 0.25) is 0 Å². The Balaban J connectivity index is 0.000000151. The number of anilines is 3. The molecule has 0 unspecified atom stereocenters. The molecule has 3 rings (SSSR count). The number of fused-ring (bicyclic) bond motifs is 1. The fourth-order valence-electron chi connectivity index (χ4n) is 1.49. The molecule has 8 heteroatoms. The Morgan fingerprint density at radius 2 is 1.65 bits per heavy atom. The van der Waals surface area contributed by atoms with Crippen molar-refractivity contribution in [1.82, 2.24) is 14.4 Å². The van der Waals surface area contributed by atoms with E-state index in [-0.39, 0.29) is 0 Å². The van der Waals surface area contributed by atoms with Gasteiger partial charge in [0.15, 0.2) is 5.65 Å². The first-order valence-electron chi connectivity index (χ1n) is 5.51. The van der Waals surface area contributed by atoms with E-state index in [1.54, 1.807) is 18.5 Å². The second-order valence-electron chi connectivity index (χ2n) is 3.90. The Morgan fingerprint density at radius 3 is 2.30 bits per heavy atom. The molecule has 0 atom stereocenters. The van der Waals surface area contributed by atoms with Gasteiger partial charge in [-0.15, -0.1) is 0 Å². The summed E-state index contributed by atoms with van der Waals surface area (Å²) >= 11 is 6.54. The fourth-order valence-corrected chi connectivity index (χ4v) is 2.31. The van der Waals surface area contributed by atoms with Gasteiger partial charge in [0.1, 0.15) is 5.82 Å². The minimum atomic E-state index is 0.373. The van der Waals surface area contributed by atoms with Crippen molar-refractivity contribution in [3.05, 3.63) is 45.9 Å². The lowest BCUT2D eigenvalue weighted by molar-refractivity contribution is 1.18. The summed E-state index contributed by atoms with van der Waals surface area (Å²) in [5.41, 5.74) is 18.4. The fraction of sp³-hybridized carbons (Fsp3) is 0. The van der Waals surface area contributed by atoms with Crippen LogP contribution in [0.5, 0.6) is 0 Å². The van der Waals surface area contributed by atoms with E-state index in [9.17, 15) is 0 Å². The van der Waals surface area contributed by atoms with E-state index in [1.807, 2.05) is 22.9 Å². The molecule has 3 heterocycles. The summed E-state index contributed by atoms with van der Waals surface area (Å²) in [6.07, 6.45) is 7.10. The third kappa shape index (κ3) is 3.40. The van der Waals surface area contributed by atoms with Gasteiger partial charge >= 0.3 is 0 Å². The number of imidazole rings is 1. The molecule has 0 saturated carbocycles. The Hall–Kier alpha value is -1.80. The maximum Gasteiger partial charge on any atom is 0.160 e. The zero-order chi connectivity index (χ0) is 14.7. The van der Waals surface area contributed by atoms with E-state index in [0.717, 1.165) is 14.6 Å². The van der Waals surface area contributed by atoms with Crippen LogP contribution in [0.3, 0.4) is 0 Å². The zero-order valence-corrected chi connectivity index (χ0v) is 13.5. The van der Waals surface area contributed by atoms with Crippen LogP contribution in [0.15, 0.2) is 45.9 Å². The highest BCUT2D eigenvalue weighted by Crippen LogP contribution is 2.18. The van der Waals surface area contributed by atoms with Crippen molar-refractivity contribution in [3.8, 4) is 0 Å². The topological polar surface area (TPSA) is 108 Å². The largest absolute Gasteiger partial charge is 0.396 e. The van der Waals surface area contributed by atoms with Crippen LogP contribution in [-0.2, 0) is 0 Å². The Bertz CT molecular complexity index is 740. The van der Waals surface area contributed by atoms with E-state index in [1.165, 1.54) is 0 Å². The Morgan fingerprint density at radius 1 is 0.950 bits per heavy atom. The number of rotatable bonds is 0. The molecule has 6 nitrogen and oxygen atoms in total. The summed E-state index contributed by atoms with van der Waals surface area (Å²) in [4.78, 5) is 7.86. The van der Waals surface area contributed by atoms with E-state index < -0.39 is 0 Å². The second-order valence-corrected chi connectivity index (χ2v) is 5.73. The molecule has 6 N–H and O–H groups in total. The van der Waals surface area contributed by atoms with Crippen LogP contribution >= 0.6 is 31.9 Å². The SMILES string of the molecule is Nc1cc(Br)cn2ccnc12.Nc1cc(Br)cnc1N. The highest BCUT2D eigenvalue weighted by atomic mass is 79.9. The van der Waals surface area contributed by atoms with Crippen LogP contribution in [0, 0.1) is 0 Å². The molecular formula is C12H12Br2N6. The van der Waals surface area contributed by atoms with E-state index in [0.29, 0.717) is 17.2 Å². The number of hydrogen-bond donors (Lipinski definition) is 3. The lowest BCUT2D eigenvalue weighted by Gasteiger charge is -1.97. The van der Waals surface area contributed by atoms with E-state index in [4.69, 9.17) is 17.2 Å². The number of hydrogen-bond acceptors (Lipinski definition) is 5. The maximum atomic E-state index is 5.69. The number of nitrogen functional groups attached to an aromatic ring is 3. The summed E-state index contributed by atoms with van der Waals surface area (Å²) in [5, 5.41) is 0. The van der Waals surface area contributed by atoms with Gasteiger partial charge in [0.2, 0.25) is 0 Å². The normalized spacial score (nSPS) is 10.1. The second kappa shape index (κ2) is 6.10. The molecule has 20 heavy (non-hydrogen) atoms. The third-order valence-electron chi connectivity index (χ3n) is 2.40. The van der Waals surface area contributed by atoms with Gasteiger partial charge in [0.05, 0.1) is 11.4 Å². The molecule has 0 radical (unpaired) electrons.